The number of benzene rings is 1. The fraction of sp³-hybridized carbons (Fsp3) is 0.435. The monoisotopic (exact) mass is 568 g/mol. The van der Waals surface area contributed by atoms with E-state index in [-0.39, 0.29) is 30.6 Å². The molecule has 3 heterocycles. The fourth-order valence-corrected chi connectivity index (χ4v) is 6.58. The highest BCUT2D eigenvalue weighted by Crippen LogP contribution is 2.44. The van der Waals surface area contributed by atoms with Crippen molar-refractivity contribution in [1.29, 1.82) is 0 Å². The topological polar surface area (TPSA) is 164 Å². The van der Waals surface area contributed by atoms with Crippen LogP contribution in [0.2, 0.25) is 5.02 Å². The molecule has 1 aliphatic heterocycles. The number of hydrogen-bond donors (Lipinski definition) is 4. The van der Waals surface area contributed by atoms with Crippen molar-refractivity contribution in [3.05, 3.63) is 41.0 Å². The first-order chi connectivity index (χ1) is 17.8. The molecule has 14 heteroatoms. The molecule has 11 nitrogen and oxygen atoms in total. The standard InChI is InChI=1S/C23H29ClN6O5S2/c1-2-18(37(25,33)34)15-4-3-5-16(19(15)24)20-21(36-23(29-20)30-8-10-35-11-9-30)17-6-7-26-22(28-17)27-14(12-31)13-32/h3-7,14,18,31-32H,2,8-13H2,1H3,(H2,25,33,34)(H,26,27,28). The third kappa shape index (κ3) is 6.20. The Labute approximate surface area is 224 Å². The Morgan fingerprint density at radius 1 is 1.22 bits per heavy atom. The van der Waals surface area contributed by atoms with E-state index in [0.717, 1.165) is 5.13 Å². The SMILES string of the molecule is CCC(c1cccc(-c2nc(N3CCOCC3)sc2-c2ccnc(NC(CO)CO)n2)c1Cl)S(N)(=O)=O. The number of thiazole rings is 1. The zero-order valence-electron chi connectivity index (χ0n) is 20.2. The molecule has 1 aliphatic rings. The summed E-state index contributed by atoms with van der Waals surface area (Å²) in [5.41, 5.74) is 2.07. The first kappa shape index (κ1) is 27.6. The Bertz CT molecular complexity index is 1330. The summed E-state index contributed by atoms with van der Waals surface area (Å²) in [5.74, 6) is 0.234. The molecular weight excluding hydrogens is 540 g/mol. The molecular formula is C23H29ClN6O5S2. The average molecular weight is 569 g/mol. The van der Waals surface area contributed by atoms with E-state index in [9.17, 15) is 18.6 Å². The predicted octanol–water partition coefficient (Wildman–Crippen LogP) is 2.26. The molecule has 2 aromatic heterocycles. The van der Waals surface area contributed by atoms with Gasteiger partial charge in [0.05, 0.1) is 53.8 Å². The lowest BCUT2D eigenvalue weighted by Crippen LogP contribution is -2.36. The molecule has 4 rings (SSSR count). The van der Waals surface area contributed by atoms with Crippen LogP contribution in [0.4, 0.5) is 11.1 Å². The Kier molecular flexibility index (Phi) is 8.95. The van der Waals surface area contributed by atoms with Crippen LogP contribution < -0.4 is 15.4 Å². The summed E-state index contributed by atoms with van der Waals surface area (Å²) in [7, 11) is -3.88. The van der Waals surface area contributed by atoms with E-state index in [2.05, 4.69) is 20.2 Å². The molecule has 1 aromatic carbocycles. The molecule has 0 amide bonds. The van der Waals surface area contributed by atoms with E-state index >= 15 is 0 Å². The highest BCUT2D eigenvalue weighted by Gasteiger charge is 2.28. The van der Waals surface area contributed by atoms with Crippen LogP contribution in [0.15, 0.2) is 30.5 Å². The van der Waals surface area contributed by atoms with Crippen molar-refractivity contribution in [3.8, 4) is 21.8 Å². The molecule has 1 saturated heterocycles. The molecule has 0 aliphatic carbocycles. The zero-order chi connectivity index (χ0) is 26.6. The average Bonchev–Trinajstić information content (AvgIpc) is 3.34. The summed E-state index contributed by atoms with van der Waals surface area (Å²) in [5, 5.41) is 27.3. The third-order valence-corrected chi connectivity index (χ3v) is 8.90. The van der Waals surface area contributed by atoms with Crippen LogP contribution in [0.5, 0.6) is 0 Å². The molecule has 0 spiro atoms. The van der Waals surface area contributed by atoms with Crippen molar-refractivity contribution in [3.63, 3.8) is 0 Å². The number of rotatable bonds is 10. The fourth-order valence-electron chi connectivity index (χ4n) is 4.05. The number of sulfonamides is 1. The van der Waals surface area contributed by atoms with Gasteiger partial charge >= 0.3 is 0 Å². The summed E-state index contributed by atoms with van der Waals surface area (Å²) < 4.78 is 30.0. The minimum atomic E-state index is -3.88. The number of halogens is 1. The Hall–Kier alpha value is -2.39. The molecule has 0 radical (unpaired) electrons. The molecule has 5 N–H and O–H groups in total. The molecule has 37 heavy (non-hydrogen) atoms. The van der Waals surface area contributed by atoms with Crippen LogP contribution >= 0.6 is 22.9 Å². The van der Waals surface area contributed by atoms with Gasteiger partial charge in [-0.15, -0.1) is 0 Å². The second-order valence-electron chi connectivity index (χ2n) is 8.44. The van der Waals surface area contributed by atoms with E-state index in [4.69, 9.17) is 26.5 Å². The highest BCUT2D eigenvalue weighted by atomic mass is 35.5. The Morgan fingerprint density at radius 3 is 2.59 bits per heavy atom. The lowest BCUT2D eigenvalue weighted by atomic mass is 10.0. The number of ether oxygens (including phenoxy) is 1. The lowest BCUT2D eigenvalue weighted by molar-refractivity contribution is 0.122. The van der Waals surface area contributed by atoms with Crippen molar-refractivity contribution in [2.45, 2.75) is 24.6 Å². The molecule has 200 valence electrons. The number of nitrogens with two attached hydrogens (primary N) is 1. The van der Waals surface area contributed by atoms with E-state index in [1.54, 1.807) is 37.4 Å². The highest BCUT2D eigenvalue weighted by molar-refractivity contribution is 7.89. The predicted molar refractivity (Wildman–Crippen MR) is 144 cm³/mol. The van der Waals surface area contributed by atoms with Gasteiger partial charge in [0, 0.05) is 24.8 Å². The molecule has 1 atom stereocenters. The number of nitrogens with zero attached hydrogens (tertiary/aromatic N) is 4. The lowest BCUT2D eigenvalue weighted by Gasteiger charge is -2.26. The van der Waals surface area contributed by atoms with Gasteiger partial charge in [-0.1, -0.05) is 48.1 Å². The van der Waals surface area contributed by atoms with Gasteiger partial charge in [0.2, 0.25) is 16.0 Å². The van der Waals surface area contributed by atoms with Crippen LogP contribution in [0, 0.1) is 0 Å². The van der Waals surface area contributed by atoms with Crippen molar-refractivity contribution >= 4 is 44.0 Å². The maximum Gasteiger partial charge on any atom is 0.223 e. The number of aliphatic hydroxyl groups excluding tert-OH is 2. The van der Waals surface area contributed by atoms with Gasteiger partial charge in [-0.2, -0.15) is 0 Å². The van der Waals surface area contributed by atoms with Gasteiger partial charge in [0.15, 0.2) is 5.13 Å². The smallest absolute Gasteiger partial charge is 0.223 e. The van der Waals surface area contributed by atoms with Crippen LogP contribution in [-0.2, 0) is 14.8 Å². The number of nitrogens with one attached hydrogen (secondary N) is 1. The van der Waals surface area contributed by atoms with Gasteiger partial charge in [0.1, 0.15) is 5.25 Å². The quantitative estimate of drug-likeness (QED) is 0.285. The zero-order valence-corrected chi connectivity index (χ0v) is 22.6. The van der Waals surface area contributed by atoms with Crippen LogP contribution in [-0.4, -0.2) is 79.1 Å². The second-order valence-corrected chi connectivity index (χ2v) is 11.5. The first-order valence-electron chi connectivity index (χ1n) is 11.7. The van der Waals surface area contributed by atoms with Crippen molar-refractivity contribution in [2.75, 3.05) is 49.7 Å². The number of morpholine rings is 1. The maximum atomic E-state index is 12.3. The number of anilines is 2. The minimum Gasteiger partial charge on any atom is -0.394 e. The van der Waals surface area contributed by atoms with Gasteiger partial charge in [-0.3, -0.25) is 0 Å². The molecule has 0 bridgehead atoms. The van der Waals surface area contributed by atoms with E-state index in [0.29, 0.717) is 53.7 Å². The maximum absolute atomic E-state index is 12.3. The Morgan fingerprint density at radius 2 is 1.95 bits per heavy atom. The number of aliphatic hydroxyl groups is 2. The minimum absolute atomic E-state index is 0.234. The van der Waals surface area contributed by atoms with Crippen LogP contribution in [0.1, 0.15) is 24.2 Å². The van der Waals surface area contributed by atoms with Gasteiger partial charge < -0.3 is 25.2 Å². The number of primary sulfonamides is 1. The van der Waals surface area contributed by atoms with Crippen molar-refractivity contribution < 1.29 is 23.4 Å². The normalized spacial score (nSPS) is 15.2. The number of aromatic nitrogens is 3. The molecule has 1 fully saturated rings. The first-order valence-corrected chi connectivity index (χ1v) is 14.5. The van der Waals surface area contributed by atoms with Crippen molar-refractivity contribution in [2.24, 2.45) is 5.14 Å². The second kappa shape index (κ2) is 12.0. The number of hydrogen-bond acceptors (Lipinski definition) is 11. The van der Waals surface area contributed by atoms with Crippen LogP contribution in [0.3, 0.4) is 0 Å². The Balaban J connectivity index is 1.85. The summed E-state index contributed by atoms with van der Waals surface area (Å²) in [6.07, 6.45) is 1.84. The van der Waals surface area contributed by atoms with E-state index in [1.807, 2.05) is 0 Å². The molecule has 3 aromatic rings. The largest absolute Gasteiger partial charge is 0.394 e. The summed E-state index contributed by atoms with van der Waals surface area (Å²) >= 11 is 8.25. The van der Waals surface area contributed by atoms with Crippen molar-refractivity contribution in [1.82, 2.24) is 15.0 Å². The summed E-state index contributed by atoms with van der Waals surface area (Å²) in [6, 6.07) is 6.31. The summed E-state index contributed by atoms with van der Waals surface area (Å²) in [6.45, 7) is 3.68. The van der Waals surface area contributed by atoms with Gasteiger partial charge in [-0.05, 0) is 18.1 Å². The molecule has 1 unspecified atom stereocenters. The molecule has 0 saturated carbocycles. The van der Waals surface area contributed by atoms with E-state index < -0.39 is 21.3 Å². The van der Waals surface area contributed by atoms with E-state index in [1.165, 1.54) is 11.3 Å². The van der Waals surface area contributed by atoms with Crippen LogP contribution in [0.25, 0.3) is 21.8 Å². The third-order valence-electron chi connectivity index (χ3n) is 5.96. The van der Waals surface area contributed by atoms with Gasteiger partial charge in [-0.25, -0.2) is 28.5 Å². The van der Waals surface area contributed by atoms with Gasteiger partial charge in [0.25, 0.3) is 0 Å². The summed E-state index contributed by atoms with van der Waals surface area (Å²) in [4.78, 5) is 16.5.